The van der Waals surface area contributed by atoms with Crippen LogP contribution in [0, 0.1) is 0 Å². The Morgan fingerprint density at radius 3 is 2.94 bits per heavy atom. The molecule has 4 heteroatoms. The monoisotopic (exact) mass is 322 g/mol. The topological polar surface area (TPSA) is 15.3 Å². The minimum atomic E-state index is 0.995. The van der Waals surface area contributed by atoms with Crippen molar-refractivity contribution in [1.29, 1.82) is 0 Å². The SMILES string of the molecule is Brc1ccc(CN2CCCNc3ccccc32)s1. The van der Waals surface area contributed by atoms with Crippen molar-refractivity contribution >= 4 is 38.6 Å². The van der Waals surface area contributed by atoms with Crippen molar-refractivity contribution in [1.82, 2.24) is 0 Å². The van der Waals surface area contributed by atoms with Gasteiger partial charge >= 0.3 is 0 Å². The average Bonchev–Trinajstić information content (AvgIpc) is 2.68. The summed E-state index contributed by atoms with van der Waals surface area (Å²) in [6.07, 6.45) is 1.18. The number of rotatable bonds is 2. The van der Waals surface area contributed by atoms with Crippen molar-refractivity contribution in [2.24, 2.45) is 0 Å². The fraction of sp³-hybridized carbons (Fsp3) is 0.286. The van der Waals surface area contributed by atoms with Crippen LogP contribution < -0.4 is 10.2 Å². The van der Waals surface area contributed by atoms with Gasteiger partial charge in [0.15, 0.2) is 0 Å². The van der Waals surface area contributed by atoms with Crippen LogP contribution in [0.15, 0.2) is 40.2 Å². The number of nitrogens with one attached hydrogen (secondary N) is 1. The maximum Gasteiger partial charge on any atom is 0.0702 e. The Balaban J connectivity index is 1.87. The van der Waals surface area contributed by atoms with Gasteiger partial charge in [0.2, 0.25) is 0 Å². The third-order valence-corrected chi connectivity index (χ3v) is 4.75. The summed E-state index contributed by atoms with van der Waals surface area (Å²) in [6.45, 7) is 3.16. The first-order valence-corrected chi connectivity index (χ1v) is 7.76. The van der Waals surface area contributed by atoms with E-state index in [-0.39, 0.29) is 0 Å². The van der Waals surface area contributed by atoms with E-state index in [0.717, 1.165) is 19.6 Å². The molecule has 2 heterocycles. The van der Waals surface area contributed by atoms with E-state index in [1.807, 2.05) is 11.3 Å². The van der Waals surface area contributed by atoms with E-state index in [4.69, 9.17) is 0 Å². The number of para-hydroxylation sites is 2. The lowest BCUT2D eigenvalue weighted by molar-refractivity contribution is 0.770. The predicted octanol–water partition coefficient (Wildman–Crippen LogP) is 4.33. The number of thiophene rings is 1. The molecule has 0 atom stereocenters. The summed E-state index contributed by atoms with van der Waals surface area (Å²) in [4.78, 5) is 3.87. The quantitative estimate of drug-likeness (QED) is 0.885. The number of hydrogen-bond donors (Lipinski definition) is 1. The van der Waals surface area contributed by atoms with Crippen LogP contribution in [0.5, 0.6) is 0 Å². The summed E-state index contributed by atoms with van der Waals surface area (Å²) in [5.41, 5.74) is 2.57. The average molecular weight is 323 g/mol. The van der Waals surface area contributed by atoms with Gasteiger partial charge in [-0.05, 0) is 46.6 Å². The number of halogens is 1. The van der Waals surface area contributed by atoms with Crippen molar-refractivity contribution in [2.45, 2.75) is 13.0 Å². The molecule has 0 saturated heterocycles. The minimum absolute atomic E-state index is 0.995. The highest BCUT2D eigenvalue weighted by atomic mass is 79.9. The molecule has 0 radical (unpaired) electrons. The van der Waals surface area contributed by atoms with E-state index in [2.05, 4.69) is 62.5 Å². The zero-order valence-corrected chi connectivity index (χ0v) is 12.4. The van der Waals surface area contributed by atoms with Crippen molar-refractivity contribution in [3.05, 3.63) is 45.1 Å². The fourth-order valence-electron chi connectivity index (χ4n) is 2.30. The number of hydrogen-bond acceptors (Lipinski definition) is 3. The van der Waals surface area contributed by atoms with Crippen molar-refractivity contribution in [2.75, 3.05) is 23.3 Å². The maximum absolute atomic E-state index is 3.53. The Bertz CT molecular complexity index is 538. The van der Waals surface area contributed by atoms with Gasteiger partial charge in [-0.2, -0.15) is 0 Å². The molecule has 1 aliphatic rings. The van der Waals surface area contributed by atoms with Gasteiger partial charge in [-0.25, -0.2) is 0 Å². The van der Waals surface area contributed by atoms with Gasteiger partial charge < -0.3 is 10.2 Å². The predicted molar refractivity (Wildman–Crippen MR) is 82.6 cm³/mol. The van der Waals surface area contributed by atoms with Gasteiger partial charge in [-0.15, -0.1) is 11.3 Å². The molecule has 2 nitrogen and oxygen atoms in total. The normalized spacial score (nSPS) is 14.8. The summed E-state index contributed by atoms with van der Waals surface area (Å²) in [5, 5.41) is 3.50. The third kappa shape index (κ3) is 2.54. The Kier molecular flexibility index (Phi) is 3.57. The Hall–Kier alpha value is -1.00. The van der Waals surface area contributed by atoms with Crippen LogP contribution in [0.3, 0.4) is 0 Å². The van der Waals surface area contributed by atoms with E-state index in [1.165, 1.54) is 26.5 Å². The molecule has 0 bridgehead atoms. The second-order valence-electron chi connectivity index (χ2n) is 4.42. The molecule has 0 spiro atoms. The molecule has 2 aromatic rings. The molecule has 0 amide bonds. The molecule has 1 aliphatic heterocycles. The maximum atomic E-state index is 3.53. The van der Waals surface area contributed by atoms with Crippen molar-refractivity contribution < 1.29 is 0 Å². The zero-order valence-electron chi connectivity index (χ0n) is 10.0. The second kappa shape index (κ2) is 5.33. The van der Waals surface area contributed by atoms with E-state index < -0.39 is 0 Å². The smallest absolute Gasteiger partial charge is 0.0702 e. The van der Waals surface area contributed by atoms with Gasteiger partial charge in [-0.1, -0.05) is 12.1 Å². The highest BCUT2D eigenvalue weighted by Crippen LogP contribution is 2.31. The van der Waals surface area contributed by atoms with Gasteiger partial charge in [0, 0.05) is 18.0 Å². The van der Waals surface area contributed by atoms with E-state index in [9.17, 15) is 0 Å². The van der Waals surface area contributed by atoms with E-state index in [0.29, 0.717) is 0 Å². The van der Waals surface area contributed by atoms with Gasteiger partial charge in [-0.3, -0.25) is 0 Å². The van der Waals surface area contributed by atoms with E-state index >= 15 is 0 Å². The molecule has 0 saturated carbocycles. The zero-order chi connectivity index (χ0) is 12.4. The largest absolute Gasteiger partial charge is 0.383 e. The van der Waals surface area contributed by atoms with Crippen LogP contribution in [-0.2, 0) is 6.54 Å². The summed E-state index contributed by atoms with van der Waals surface area (Å²) >= 11 is 5.35. The molecular formula is C14H15BrN2S. The molecule has 1 aromatic heterocycles. The molecule has 1 aromatic carbocycles. The first-order valence-electron chi connectivity index (χ1n) is 6.15. The van der Waals surface area contributed by atoms with E-state index in [1.54, 1.807) is 0 Å². The molecule has 18 heavy (non-hydrogen) atoms. The Morgan fingerprint density at radius 1 is 1.22 bits per heavy atom. The summed E-state index contributed by atoms with van der Waals surface area (Å²) in [6, 6.07) is 12.9. The molecule has 0 unspecified atom stereocenters. The molecule has 0 fully saturated rings. The standard InChI is InChI=1S/C14H15BrN2S/c15-14-7-6-11(18-14)10-17-9-3-8-16-12-4-1-2-5-13(12)17/h1-2,4-7,16H,3,8-10H2. The molecular weight excluding hydrogens is 308 g/mol. The molecule has 3 rings (SSSR count). The van der Waals surface area contributed by atoms with Crippen LogP contribution in [0.4, 0.5) is 11.4 Å². The first kappa shape index (κ1) is 12.1. The summed E-state index contributed by atoms with van der Waals surface area (Å²) < 4.78 is 1.21. The molecule has 94 valence electrons. The van der Waals surface area contributed by atoms with Gasteiger partial charge in [0.05, 0.1) is 21.7 Å². The van der Waals surface area contributed by atoms with Gasteiger partial charge in [0.1, 0.15) is 0 Å². The minimum Gasteiger partial charge on any atom is -0.383 e. The van der Waals surface area contributed by atoms with Crippen LogP contribution in [-0.4, -0.2) is 13.1 Å². The first-order chi connectivity index (χ1) is 8.83. The van der Waals surface area contributed by atoms with Gasteiger partial charge in [0.25, 0.3) is 0 Å². The van der Waals surface area contributed by atoms with Crippen molar-refractivity contribution in [3.63, 3.8) is 0 Å². The Labute approximate surface area is 120 Å². The third-order valence-electron chi connectivity index (χ3n) is 3.14. The lowest BCUT2D eigenvalue weighted by atomic mass is 10.2. The summed E-state index contributed by atoms with van der Waals surface area (Å²) in [7, 11) is 0. The fourth-order valence-corrected chi connectivity index (χ4v) is 3.80. The lowest BCUT2D eigenvalue weighted by Crippen LogP contribution is -2.22. The summed E-state index contributed by atoms with van der Waals surface area (Å²) in [5.74, 6) is 0. The van der Waals surface area contributed by atoms with Crippen LogP contribution in [0.1, 0.15) is 11.3 Å². The van der Waals surface area contributed by atoms with Crippen LogP contribution >= 0.6 is 27.3 Å². The number of fused-ring (bicyclic) bond motifs is 1. The second-order valence-corrected chi connectivity index (χ2v) is 6.97. The Morgan fingerprint density at radius 2 is 2.11 bits per heavy atom. The number of anilines is 2. The number of nitrogens with zero attached hydrogens (tertiary/aromatic N) is 1. The lowest BCUT2D eigenvalue weighted by Gasteiger charge is -2.23. The van der Waals surface area contributed by atoms with Crippen LogP contribution in [0.2, 0.25) is 0 Å². The number of benzene rings is 1. The molecule has 0 aliphatic carbocycles. The highest BCUT2D eigenvalue weighted by molar-refractivity contribution is 9.11. The van der Waals surface area contributed by atoms with Crippen molar-refractivity contribution in [3.8, 4) is 0 Å². The molecule has 1 N–H and O–H groups in total. The van der Waals surface area contributed by atoms with Crippen LogP contribution in [0.25, 0.3) is 0 Å². The highest BCUT2D eigenvalue weighted by Gasteiger charge is 2.15.